The molecule has 14 heavy (non-hydrogen) atoms. The number of nitrogens with two attached hydrogens (primary N) is 2. The van der Waals surface area contributed by atoms with E-state index in [-0.39, 0.29) is 15.8 Å². The van der Waals surface area contributed by atoms with E-state index in [9.17, 15) is 13.2 Å². The Morgan fingerprint density at radius 3 is 2.21 bits per heavy atom. The molecule has 1 rings (SSSR count). The van der Waals surface area contributed by atoms with Gasteiger partial charge in [-0.3, -0.25) is 0 Å². The van der Waals surface area contributed by atoms with Gasteiger partial charge in [0.25, 0.3) is 0 Å². The number of ether oxygens (including phenoxy) is 1. The van der Waals surface area contributed by atoms with Crippen LogP contribution in [-0.2, 0) is 0 Å². The Bertz CT molecular complexity index is 330. The van der Waals surface area contributed by atoms with Crippen LogP contribution in [0.25, 0.3) is 0 Å². The number of rotatable bonds is 1. The van der Waals surface area contributed by atoms with E-state index in [0.717, 1.165) is 12.1 Å². The second-order valence-electron chi connectivity index (χ2n) is 2.46. The third kappa shape index (κ3) is 2.69. The number of benzene rings is 1. The smallest absolute Gasteiger partial charge is 0.406 e. The number of hydrogen-bond donors (Lipinski definition) is 2. The highest BCUT2D eigenvalue weighted by molar-refractivity contribution is 9.10. The van der Waals surface area contributed by atoms with Gasteiger partial charge >= 0.3 is 6.36 Å². The van der Waals surface area contributed by atoms with Crippen LogP contribution in [0.2, 0.25) is 0 Å². The minimum Gasteiger partial charge on any atom is -0.406 e. The zero-order chi connectivity index (χ0) is 10.9. The van der Waals surface area contributed by atoms with Crippen LogP contribution in [0.15, 0.2) is 16.6 Å². The minimum atomic E-state index is -4.73. The fourth-order valence-corrected chi connectivity index (χ4v) is 1.26. The number of hydrogen-bond acceptors (Lipinski definition) is 3. The summed E-state index contributed by atoms with van der Waals surface area (Å²) in [7, 11) is 0. The van der Waals surface area contributed by atoms with Gasteiger partial charge in [0, 0.05) is 10.5 Å². The molecule has 0 aliphatic carbocycles. The van der Waals surface area contributed by atoms with E-state index in [4.69, 9.17) is 11.5 Å². The summed E-state index contributed by atoms with van der Waals surface area (Å²) in [5.74, 6) is -0.406. The van der Waals surface area contributed by atoms with Crippen LogP contribution in [-0.4, -0.2) is 6.36 Å². The first-order valence-corrected chi connectivity index (χ1v) is 4.19. The van der Waals surface area contributed by atoms with E-state index in [1.807, 2.05) is 0 Å². The fraction of sp³-hybridized carbons (Fsp3) is 0.143. The van der Waals surface area contributed by atoms with Crippen molar-refractivity contribution in [2.75, 3.05) is 11.5 Å². The van der Waals surface area contributed by atoms with Crippen LogP contribution in [0.5, 0.6) is 5.75 Å². The molecule has 1 aromatic carbocycles. The highest BCUT2D eigenvalue weighted by Gasteiger charge is 2.31. The van der Waals surface area contributed by atoms with E-state index in [2.05, 4.69) is 20.7 Å². The third-order valence-corrected chi connectivity index (χ3v) is 2.02. The molecule has 4 N–H and O–H groups in total. The van der Waals surface area contributed by atoms with Crippen LogP contribution >= 0.6 is 15.9 Å². The average Bonchev–Trinajstić information content (AvgIpc) is 1.96. The van der Waals surface area contributed by atoms with Crippen molar-refractivity contribution in [3.05, 3.63) is 16.6 Å². The maximum atomic E-state index is 11.8. The van der Waals surface area contributed by atoms with Crippen molar-refractivity contribution in [3.63, 3.8) is 0 Å². The van der Waals surface area contributed by atoms with Gasteiger partial charge < -0.3 is 16.2 Å². The van der Waals surface area contributed by atoms with E-state index in [1.165, 1.54) is 0 Å². The van der Waals surface area contributed by atoms with Crippen LogP contribution in [0.3, 0.4) is 0 Å². The zero-order valence-corrected chi connectivity index (χ0v) is 8.32. The molecule has 0 saturated carbocycles. The maximum Gasteiger partial charge on any atom is 0.573 e. The van der Waals surface area contributed by atoms with E-state index in [1.54, 1.807) is 0 Å². The summed E-state index contributed by atoms with van der Waals surface area (Å²) in [5, 5.41) is 0. The standard InChI is InChI=1S/C7H6BrF3N2O/c8-4-1-3(14-7(9,10)11)2-5(12)6(4)13/h1-2H,12-13H2. The summed E-state index contributed by atoms with van der Waals surface area (Å²) in [6.45, 7) is 0. The summed E-state index contributed by atoms with van der Waals surface area (Å²) >= 11 is 2.95. The first-order valence-electron chi connectivity index (χ1n) is 3.40. The first-order chi connectivity index (χ1) is 6.29. The quantitative estimate of drug-likeness (QED) is 0.771. The molecule has 0 atom stereocenters. The molecule has 3 nitrogen and oxygen atoms in total. The molecule has 7 heteroatoms. The molecule has 78 valence electrons. The molecule has 1 aromatic rings. The zero-order valence-electron chi connectivity index (χ0n) is 6.73. The fourth-order valence-electron chi connectivity index (χ4n) is 0.806. The van der Waals surface area contributed by atoms with E-state index >= 15 is 0 Å². The molecular weight excluding hydrogens is 265 g/mol. The highest BCUT2D eigenvalue weighted by Crippen LogP contribution is 2.33. The molecule has 0 amide bonds. The highest BCUT2D eigenvalue weighted by atomic mass is 79.9. The lowest BCUT2D eigenvalue weighted by Crippen LogP contribution is -2.17. The lowest BCUT2D eigenvalue weighted by atomic mass is 10.2. The SMILES string of the molecule is Nc1cc(OC(F)(F)F)cc(Br)c1N. The van der Waals surface area contributed by atoms with Crippen molar-refractivity contribution in [1.82, 2.24) is 0 Å². The van der Waals surface area contributed by atoms with Crippen molar-refractivity contribution < 1.29 is 17.9 Å². The Labute approximate surface area is 86.0 Å². The number of alkyl halides is 3. The molecule has 0 fully saturated rings. The number of anilines is 2. The molecule has 0 aliphatic heterocycles. The first kappa shape index (κ1) is 11.0. The number of halogens is 4. The van der Waals surface area contributed by atoms with Crippen LogP contribution in [0, 0.1) is 0 Å². The molecule has 0 bridgehead atoms. The Balaban J connectivity index is 3.02. The predicted octanol–water partition coefficient (Wildman–Crippen LogP) is 2.51. The topological polar surface area (TPSA) is 61.3 Å². The van der Waals surface area contributed by atoms with Crippen LogP contribution < -0.4 is 16.2 Å². The molecule has 0 unspecified atom stereocenters. The second kappa shape index (κ2) is 3.56. The molecule has 0 saturated heterocycles. The van der Waals surface area contributed by atoms with Gasteiger partial charge in [-0.25, -0.2) is 0 Å². The minimum absolute atomic E-state index is 0.0265. The second-order valence-corrected chi connectivity index (χ2v) is 3.31. The predicted molar refractivity (Wildman–Crippen MR) is 49.6 cm³/mol. The lowest BCUT2D eigenvalue weighted by Gasteiger charge is -2.11. The van der Waals surface area contributed by atoms with Crippen molar-refractivity contribution in [2.45, 2.75) is 6.36 Å². The van der Waals surface area contributed by atoms with Crippen molar-refractivity contribution in [2.24, 2.45) is 0 Å². The third-order valence-electron chi connectivity index (χ3n) is 1.37. The van der Waals surface area contributed by atoms with E-state index < -0.39 is 12.1 Å². The number of nitrogen functional groups attached to an aromatic ring is 2. The molecule has 0 heterocycles. The lowest BCUT2D eigenvalue weighted by molar-refractivity contribution is -0.274. The van der Waals surface area contributed by atoms with Gasteiger partial charge in [-0.15, -0.1) is 13.2 Å². The molecular formula is C7H6BrF3N2O. The van der Waals surface area contributed by atoms with Crippen molar-refractivity contribution >= 4 is 27.3 Å². The maximum absolute atomic E-state index is 11.8. The molecule has 0 radical (unpaired) electrons. The van der Waals surface area contributed by atoms with Gasteiger partial charge in [-0.05, 0) is 22.0 Å². The van der Waals surface area contributed by atoms with Crippen molar-refractivity contribution in [1.29, 1.82) is 0 Å². The average molecular weight is 271 g/mol. The van der Waals surface area contributed by atoms with Gasteiger partial charge in [0.2, 0.25) is 0 Å². The molecule has 0 aromatic heterocycles. The Hall–Kier alpha value is -1.11. The van der Waals surface area contributed by atoms with Crippen LogP contribution in [0.1, 0.15) is 0 Å². The Morgan fingerprint density at radius 1 is 1.21 bits per heavy atom. The molecule has 0 spiro atoms. The summed E-state index contributed by atoms with van der Waals surface area (Å²) < 4.78 is 39.3. The summed E-state index contributed by atoms with van der Waals surface area (Å²) in [4.78, 5) is 0. The monoisotopic (exact) mass is 270 g/mol. The Morgan fingerprint density at radius 2 is 1.79 bits per heavy atom. The van der Waals surface area contributed by atoms with Gasteiger partial charge in [0.15, 0.2) is 0 Å². The normalized spacial score (nSPS) is 11.4. The molecule has 0 aliphatic rings. The summed E-state index contributed by atoms with van der Waals surface area (Å²) in [5.41, 5.74) is 11.0. The summed E-state index contributed by atoms with van der Waals surface area (Å²) in [6.07, 6.45) is -4.73. The van der Waals surface area contributed by atoms with Gasteiger partial charge in [0.05, 0.1) is 11.4 Å². The van der Waals surface area contributed by atoms with Gasteiger partial charge in [-0.2, -0.15) is 0 Å². The largest absolute Gasteiger partial charge is 0.573 e. The van der Waals surface area contributed by atoms with Crippen molar-refractivity contribution in [3.8, 4) is 5.75 Å². The van der Waals surface area contributed by atoms with Gasteiger partial charge in [-0.1, -0.05) is 0 Å². The Kier molecular flexibility index (Phi) is 2.79. The van der Waals surface area contributed by atoms with Gasteiger partial charge in [0.1, 0.15) is 5.75 Å². The van der Waals surface area contributed by atoms with E-state index in [0.29, 0.717) is 0 Å². The van der Waals surface area contributed by atoms with Crippen LogP contribution in [0.4, 0.5) is 24.5 Å². The summed E-state index contributed by atoms with van der Waals surface area (Å²) in [6, 6.07) is 2.10.